The molecule has 0 saturated carbocycles. The molecule has 0 aliphatic heterocycles. The summed E-state index contributed by atoms with van der Waals surface area (Å²) in [4.78, 5) is 22.3. The van der Waals surface area contributed by atoms with Crippen molar-refractivity contribution in [3.63, 3.8) is 0 Å². The predicted octanol–water partition coefficient (Wildman–Crippen LogP) is 2.07. The molecule has 0 unspecified atom stereocenters. The Morgan fingerprint density at radius 1 is 1.30 bits per heavy atom. The molecule has 0 radical (unpaired) electrons. The Hall–Kier alpha value is -2.61. The summed E-state index contributed by atoms with van der Waals surface area (Å²) in [6, 6.07) is 3.52. The van der Waals surface area contributed by atoms with Crippen LogP contribution in [0.2, 0.25) is 0 Å². The molecule has 9 heteroatoms. The third-order valence-corrected chi connectivity index (χ3v) is 2.69. The monoisotopic (exact) mass is 344 g/mol. The average molecular weight is 345 g/mol. The fourth-order valence-electron chi connectivity index (χ4n) is 1.32. The molecule has 0 atom stereocenters. The van der Waals surface area contributed by atoms with Gasteiger partial charge in [0.2, 0.25) is 5.17 Å². The van der Waals surface area contributed by atoms with E-state index in [1.54, 1.807) is 0 Å². The molecule has 0 aromatic heterocycles. The fourth-order valence-corrected chi connectivity index (χ4v) is 1.43. The molecular weight excluding hydrogens is 331 g/mol. The number of nitrogens with one attached hydrogen (secondary N) is 1. The quantitative estimate of drug-likeness (QED) is 0.353. The van der Waals surface area contributed by atoms with Crippen LogP contribution in [-0.2, 0) is 19.1 Å². The van der Waals surface area contributed by atoms with Crippen molar-refractivity contribution < 1.29 is 28.2 Å². The van der Waals surface area contributed by atoms with E-state index in [0.717, 1.165) is 19.2 Å². The number of anilines is 1. The number of rotatable bonds is 7. The second kappa shape index (κ2) is 8.74. The maximum Gasteiger partial charge on any atom is 0.370 e. The van der Waals surface area contributed by atoms with Crippen LogP contribution in [-0.4, -0.2) is 37.9 Å². The predicted molar refractivity (Wildman–Crippen MR) is 82.0 cm³/mol. The summed E-state index contributed by atoms with van der Waals surface area (Å²) in [5, 5.41) is 3.12. The van der Waals surface area contributed by atoms with Crippen LogP contribution in [0.3, 0.4) is 0 Å². The summed E-state index contributed by atoms with van der Waals surface area (Å²) in [5.74, 6) is -2.03. The van der Waals surface area contributed by atoms with Crippen LogP contribution in [0.15, 0.2) is 35.5 Å². The summed E-state index contributed by atoms with van der Waals surface area (Å²) >= 11 is 5.58. The number of carbonyl (C=O) groups is 2. The van der Waals surface area contributed by atoms with E-state index in [9.17, 15) is 14.0 Å². The van der Waals surface area contributed by atoms with E-state index in [1.807, 2.05) is 0 Å². The number of ether oxygens (including phenoxy) is 3. The van der Waals surface area contributed by atoms with Crippen LogP contribution in [0.5, 0.6) is 5.75 Å². The molecule has 0 amide bonds. The molecule has 0 bridgehead atoms. The fraction of sp³-hybridized carbons (Fsp3) is 0.214. The number of benzene rings is 1. The minimum Gasteiger partial charge on any atom is -0.486 e. The van der Waals surface area contributed by atoms with Gasteiger partial charge in [0.1, 0.15) is 18.2 Å². The molecule has 0 aliphatic carbocycles. The van der Waals surface area contributed by atoms with Gasteiger partial charge in [0.15, 0.2) is 0 Å². The van der Waals surface area contributed by atoms with E-state index in [-0.39, 0.29) is 23.6 Å². The Labute approximate surface area is 136 Å². The van der Waals surface area contributed by atoms with Crippen molar-refractivity contribution in [1.29, 1.82) is 0 Å². The van der Waals surface area contributed by atoms with Crippen LogP contribution in [0, 0.1) is 5.82 Å². The largest absolute Gasteiger partial charge is 0.486 e. The zero-order valence-corrected chi connectivity index (χ0v) is 13.1. The Morgan fingerprint density at radius 2 is 1.96 bits per heavy atom. The molecule has 124 valence electrons. The molecule has 0 aliphatic rings. The van der Waals surface area contributed by atoms with Crippen molar-refractivity contribution in [2.24, 2.45) is 5.10 Å². The zero-order valence-electron chi connectivity index (χ0n) is 12.4. The third kappa shape index (κ3) is 5.59. The van der Waals surface area contributed by atoms with E-state index in [2.05, 4.69) is 26.6 Å². The van der Waals surface area contributed by atoms with Crippen LogP contribution in [0.4, 0.5) is 10.1 Å². The number of nitrogens with zero attached hydrogens (tertiary/aromatic N) is 1. The highest BCUT2D eigenvalue weighted by Gasteiger charge is 2.12. The number of hydrogen-bond acceptors (Lipinski definition) is 7. The van der Waals surface area contributed by atoms with Crippen molar-refractivity contribution in [3.8, 4) is 5.75 Å². The topological polar surface area (TPSA) is 86.2 Å². The third-order valence-electron chi connectivity index (χ3n) is 2.45. The van der Waals surface area contributed by atoms with Gasteiger partial charge in [-0.05, 0) is 12.1 Å². The van der Waals surface area contributed by atoms with Gasteiger partial charge < -0.3 is 14.2 Å². The lowest BCUT2D eigenvalue weighted by Gasteiger charge is -2.11. The van der Waals surface area contributed by atoms with Crippen molar-refractivity contribution in [2.75, 3.05) is 26.3 Å². The molecule has 1 aromatic rings. The smallest absolute Gasteiger partial charge is 0.370 e. The first-order valence-corrected chi connectivity index (χ1v) is 6.52. The Kier molecular flexibility index (Phi) is 7.01. The first-order valence-electron chi connectivity index (χ1n) is 6.15. The van der Waals surface area contributed by atoms with Gasteiger partial charge in [-0.15, -0.1) is 0 Å². The minimum atomic E-state index is -0.845. The summed E-state index contributed by atoms with van der Waals surface area (Å²) < 4.78 is 27.5. The standard InChI is InChI=1S/C14H14ClFN2O5/c1-8(13(19)21-2)7-23-11-6-9(16)4-5-10(11)17-18-12(15)14(20)22-3/h4-6,17H,1,7H2,2-3H3. The van der Waals surface area contributed by atoms with Gasteiger partial charge in [-0.1, -0.05) is 18.2 Å². The minimum absolute atomic E-state index is 0.0353. The molecule has 1 aromatic carbocycles. The second-order valence-corrected chi connectivity index (χ2v) is 4.39. The average Bonchev–Trinajstić information content (AvgIpc) is 2.56. The lowest BCUT2D eigenvalue weighted by molar-refractivity contribution is -0.136. The Bertz CT molecular complexity index is 648. The summed E-state index contributed by atoms with van der Waals surface area (Å²) in [6.07, 6.45) is 0. The molecule has 1 rings (SSSR count). The van der Waals surface area contributed by atoms with Gasteiger partial charge in [-0.25, -0.2) is 14.0 Å². The highest BCUT2D eigenvalue weighted by atomic mass is 35.5. The van der Waals surface area contributed by atoms with E-state index in [0.29, 0.717) is 0 Å². The van der Waals surface area contributed by atoms with Gasteiger partial charge in [0.05, 0.1) is 25.5 Å². The molecule has 1 N–H and O–H groups in total. The van der Waals surface area contributed by atoms with Crippen molar-refractivity contribution in [3.05, 3.63) is 36.2 Å². The number of halogens is 2. The molecule has 0 saturated heterocycles. The number of hydrogen-bond donors (Lipinski definition) is 1. The number of hydrazone groups is 1. The summed E-state index contributed by atoms with van der Waals surface area (Å²) in [7, 11) is 2.34. The van der Waals surface area contributed by atoms with Gasteiger partial charge in [0.25, 0.3) is 0 Å². The van der Waals surface area contributed by atoms with Crippen molar-refractivity contribution >= 4 is 34.4 Å². The Morgan fingerprint density at radius 3 is 2.57 bits per heavy atom. The maximum atomic E-state index is 13.3. The SMILES string of the molecule is C=C(COc1cc(F)ccc1NN=C(Cl)C(=O)OC)C(=O)OC. The Balaban J connectivity index is 2.87. The van der Waals surface area contributed by atoms with Gasteiger partial charge in [-0.3, -0.25) is 5.43 Å². The first-order chi connectivity index (χ1) is 10.9. The molecule has 0 fully saturated rings. The number of carbonyl (C=O) groups excluding carboxylic acids is 2. The first kappa shape index (κ1) is 18.4. The van der Waals surface area contributed by atoms with Gasteiger partial charge >= 0.3 is 11.9 Å². The second-order valence-electron chi connectivity index (χ2n) is 4.03. The number of esters is 2. The van der Waals surface area contributed by atoms with Gasteiger partial charge in [-0.2, -0.15) is 5.10 Å². The zero-order chi connectivity index (χ0) is 17.4. The van der Waals surface area contributed by atoms with Crippen LogP contribution in [0.1, 0.15) is 0 Å². The molecule has 0 heterocycles. The van der Waals surface area contributed by atoms with E-state index < -0.39 is 22.9 Å². The molecule has 23 heavy (non-hydrogen) atoms. The normalized spacial score (nSPS) is 10.7. The van der Waals surface area contributed by atoms with Crippen molar-refractivity contribution in [2.45, 2.75) is 0 Å². The van der Waals surface area contributed by atoms with E-state index in [4.69, 9.17) is 16.3 Å². The molecule has 7 nitrogen and oxygen atoms in total. The number of methoxy groups -OCH3 is 2. The van der Waals surface area contributed by atoms with Crippen LogP contribution < -0.4 is 10.2 Å². The lowest BCUT2D eigenvalue weighted by atomic mass is 10.3. The van der Waals surface area contributed by atoms with Crippen LogP contribution in [0.25, 0.3) is 0 Å². The molecule has 0 spiro atoms. The van der Waals surface area contributed by atoms with E-state index >= 15 is 0 Å². The molecular formula is C14H14ClFN2O5. The maximum absolute atomic E-state index is 13.3. The van der Waals surface area contributed by atoms with Crippen LogP contribution >= 0.6 is 11.6 Å². The van der Waals surface area contributed by atoms with Crippen molar-refractivity contribution in [1.82, 2.24) is 0 Å². The van der Waals surface area contributed by atoms with Gasteiger partial charge in [0, 0.05) is 6.07 Å². The summed E-state index contributed by atoms with van der Waals surface area (Å²) in [5.41, 5.74) is 2.69. The lowest BCUT2D eigenvalue weighted by Crippen LogP contribution is -2.13. The highest BCUT2D eigenvalue weighted by molar-refractivity contribution is 6.82. The summed E-state index contributed by atoms with van der Waals surface area (Å²) in [6.45, 7) is 3.25. The van der Waals surface area contributed by atoms with E-state index in [1.165, 1.54) is 13.2 Å². The highest BCUT2D eigenvalue weighted by Crippen LogP contribution is 2.26.